The highest BCUT2D eigenvalue weighted by Gasteiger charge is 2.27. The van der Waals surface area contributed by atoms with Crippen LogP contribution in [0.1, 0.15) is 0 Å². The Morgan fingerprint density at radius 3 is 2.57 bits per heavy atom. The van der Waals surface area contributed by atoms with E-state index in [-0.39, 0.29) is 22.5 Å². The average molecular weight is 417 g/mol. The smallest absolute Gasteiger partial charge is 0.269 e. The van der Waals surface area contributed by atoms with Crippen LogP contribution in [0.5, 0.6) is 11.5 Å². The molecule has 1 aromatic heterocycles. The Balaban J connectivity index is 1.41. The molecule has 144 valence electrons. The topological polar surface area (TPSA) is 107 Å². The van der Waals surface area contributed by atoms with E-state index < -0.39 is 16.1 Å². The molecule has 0 spiro atoms. The van der Waals surface area contributed by atoms with E-state index in [4.69, 9.17) is 9.47 Å². The van der Waals surface area contributed by atoms with Gasteiger partial charge in [-0.25, -0.2) is 13.4 Å². The molecule has 3 aromatic rings. The minimum Gasteiger partial charge on any atom is -0.485 e. The minimum absolute atomic E-state index is 0.0619. The van der Waals surface area contributed by atoms with Gasteiger partial charge in [0.2, 0.25) is 6.10 Å². The van der Waals surface area contributed by atoms with Gasteiger partial charge in [-0.05, 0) is 36.4 Å². The number of carbonyl (C=O) groups is 1. The third-order valence-electron chi connectivity index (χ3n) is 3.89. The number of nitrogens with zero attached hydrogens (tertiary/aromatic N) is 1. The lowest BCUT2D eigenvalue weighted by molar-refractivity contribution is -0.125. The fraction of sp³-hybridized carbons (Fsp3) is 0.111. The van der Waals surface area contributed by atoms with Crippen LogP contribution < -0.4 is 19.5 Å². The number of anilines is 2. The van der Waals surface area contributed by atoms with Crippen LogP contribution in [0.4, 0.5) is 10.8 Å². The number of ether oxygens (including phenoxy) is 2. The second-order valence-corrected chi connectivity index (χ2v) is 8.40. The molecule has 2 heterocycles. The van der Waals surface area contributed by atoms with Gasteiger partial charge in [-0.1, -0.05) is 12.1 Å². The number of aromatic nitrogens is 1. The maximum atomic E-state index is 12.4. The number of hydrogen-bond donors (Lipinski definition) is 2. The molecular formula is C18H15N3O5S2. The van der Waals surface area contributed by atoms with Gasteiger partial charge in [0.15, 0.2) is 16.6 Å². The lowest BCUT2D eigenvalue weighted by Crippen LogP contribution is -2.40. The molecule has 0 saturated heterocycles. The number of hydrogen-bond acceptors (Lipinski definition) is 7. The molecule has 1 atom stereocenters. The first-order valence-electron chi connectivity index (χ1n) is 8.23. The Kier molecular flexibility index (Phi) is 4.88. The van der Waals surface area contributed by atoms with Crippen LogP contribution in [0.25, 0.3) is 0 Å². The number of amides is 1. The van der Waals surface area contributed by atoms with Crippen molar-refractivity contribution >= 4 is 38.1 Å². The molecule has 0 radical (unpaired) electrons. The first-order valence-corrected chi connectivity index (χ1v) is 10.6. The molecule has 0 bridgehead atoms. The first kappa shape index (κ1) is 18.3. The zero-order valence-corrected chi connectivity index (χ0v) is 16.0. The number of rotatable bonds is 5. The van der Waals surface area contributed by atoms with E-state index >= 15 is 0 Å². The van der Waals surface area contributed by atoms with Crippen LogP contribution in [0.3, 0.4) is 0 Å². The van der Waals surface area contributed by atoms with Crippen molar-refractivity contribution in [2.24, 2.45) is 0 Å². The highest BCUT2D eigenvalue weighted by Crippen LogP contribution is 2.31. The molecule has 1 aliphatic rings. The second kappa shape index (κ2) is 7.49. The van der Waals surface area contributed by atoms with Gasteiger partial charge >= 0.3 is 0 Å². The minimum atomic E-state index is -3.74. The van der Waals surface area contributed by atoms with Gasteiger partial charge in [0.1, 0.15) is 6.61 Å². The standard InChI is InChI=1S/C18H15N3O5S2/c22-17(16-11-25-14-3-1-2-4-15(14)26-16)20-12-5-7-13(8-6-12)28(23,24)21-18-19-9-10-27-18/h1-10,16H,11H2,(H,19,21)(H,20,22)/t16-/m0/s1. The monoisotopic (exact) mass is 417 g/mol. The van der Waals surface area contributed by atoms with Gasteiger partial charge in [-0.3, -0.25) is 9.52 Å². The zero-order valence-electron chi connectivity index (χ0n) is 14.4. The molecule has 2 N–H and O–H groups in total. The molecule has 8 nitrogen and oxygen atoms in total. The normalized spacial score (nSPS) is 15.6. The van der Waals surface area contributed by atoms with E-state index in [0.717, 1.165) is 0 Å². The third kappa shape index (κ3) is 3.92. The number of para-hydroxylation sites is 2. The predicted octanol–water partition coefficient (Wildman–Crippen LogP) is 2.72. The lowest BCUT2D eigenvalue weighted by Gasteiger charge is -2.25. The molecule has 0 fully saturated rings. The Morgan fingerprint density at radius 1 is 1.11 bits per heavy atom. The summed E-state index contributed by atoms with van der Waals surface area (Å²) in [4.78, 5) is 16.4. The van der Waals surface area contributed by atoms with E-state index in [0.29, 0.717) is 17.2 Å². The van der Waals surface area contributed by atoms with Crippen molar-refractivity contribution in [2.45, 2.75) is 11.0 Å². The molecule has 4 rings (SSSR count). The van der Waals surface area contributed by atoms with Crippen molar-refractivity contribution in [3.63, 3.8) is 0 Å². The highest BCUT2D eigenvalue weighted by molar-refractivity contribution is 7.93. The summed E-state index contributed by atoms with van der Waals surface area (Å²) in [5.41, 5.74) is 0.445. The Bertz CT molecular complexity index is 1080. The van der Waals surface area contributed by atoms with Gasteiger partial charge in [-0.15, -0.1) is 11.3 Å². The predicted molar refractivity (Wildman–Crippen MR) is 104 cm³/mol. The largest absolute Gasteiger partial charge is 0.485 e. The average Bonchev–Trinajstić information content (AvgIpc) is 3.20. The van der Waals surface area contributed by atoms with Crippen LogP contribution >= 0.6 is 11.3 Å². The van der Waals surface area contributed by atoms with Crippen molar-refractivity contribution in [3.05, 3.63) is 60.1 Å². The van der Waals surface area contributed by atoms with Crippen molar-refractivity contribution in [3.8, 4) is 11.5 Å². The van der Waals surface area contributed by atoms with Crippen LogP contribution in [0, 0.1) is 0 Å². The van der Waals surface area contributed by atoms with Crippen LogP contribution in [-0.2, 0) is 14.8 Å². The van der Waals surface area contributed by atoms with Gasteiger partial charge in [0.05, 0.1) is 4.90 Å². The van der Waals surface area contributed by atoms with E-state index in [1.165, 1.54) is 41.8 Å². The van der Waals surface area contributed by atoms with E-state index in [1.807, 2.05) is 6.07 Å². The van der Waals surface area contributed by atoms with E-state index in [9.17, 15) is 13.2 Å². The molecule has 1 aliphatic heterocycles. The fourth-order valence-electron chi connectivity index (χ4n) is 2.54. The first-order chi connectivity index (χ1) is 13.5. The third-order valence-corrected chi connectivity index (χ3v) is 6.06. The fourth-order valence-corrected chi connectivity index (χ4v) is 4.33. The summed E-state index contributed by atoms with van der Waals surface area (Å²) in [6, 6.07) is 12.9. The number of nitrogens with one attached hydrogen (secondary N) is 2. The summed E-state index contributed by atoms with van der Waals surface area (Å²) in [7, 11) is -3.74. The summed E-state index contributed by atoms with van der Waals surface area (Å²) in [6.45, 7) is 0.0903. The second-order valence-electron chi connectivity index (χ2n) is 5.82. The summed E-state index contributed by atoms with van der Waals surface area (Å²) >= 11 is 1.18. The quantitative estimate of drug-likeness (QED) is 0.661. The summed E-state index contributed by atoms with van der Waals surface area (Å²) in [5, 5.41) is 4.65. The Labute approximate surface area is 165 Å². The number of carbonyl (C=O) groups excluding carboxylic acids is 1. The van der Waals surface area contributed by atoms with Crippen molar-refractivity contribution in [2.75, 3.05) is 16.6 Å². The summed E-state index contributed by atoms with van der Waals surface area (Å²) in [6.07, 6.45) is 0.709. The molecule has 0 unspecified atom stereocenters. The van der Waals surface area contributed by atoms with Gasteiger partial charge in [0, 0.05) is 17.3 Å². The molecule has 1 amide bonds. The Morgan fingerprint density at radius 2 is 1.86 bits per heavy atom. The Hall–Kier alpha value is -3.11. The number of benzene rings is 2. The highest BCUT2D eigenvalue weighted by atomic mass is 32.2. The molecule has 10 heteroatoms. The van der Waals surface area contributed by atoms with Crippen molar-refractivity contribution < 1.29 is 22.7 Å². The van der Waals surface area contributed by atoms with E-state index in [1.54, 1.807) is 23.6 Å². The van der Waals surface area contributed by atoms with E-state index in [2.05, 4.69) is 15.0 Å². The molecule has 0 saturated carbocycles. The number of sulfonamides is 1. The zero-order chi connectivity index (χ0) is 19.6. The molecule has 28 heavy (non-hydrogen) atoms. The molecular weight excluding hydrogens is 402 g/mol. The molecule has 0 aliphatic carbocycles. The van der Waals surface area contributed by atoms with Gasteiger partial charge in [-0.2, -0.15) is 0 Å². The van der Waals surface area contributed by atoms with Crippen LogP contribution in [-0.4, -0.2) is 32.0 Å². The number of thiazole rings is 1. The lowest BCUT2D eigenvalue weighted by atomic mass is 10.2. The SMILES string of the molecule is O=C(Nc1ccc(S(=O)(=O)Nc2nccs2)cc1)[C@@H]1COc2ccccc2O1. The maximum Gasteiger partial charge on any atom is 0.269 e. The van der Waals surface area contributed by atoms with Gasteiger partial charge in [0.25, 0.3) is 15.9 Å². The van der Waals surface area contributed by atoms with Crippen LogP contribution in [0.15, 0.2) is 65.0 Å². The molecule has 2 aromatic carbocycles. The van der Waals surface area contributed by atoms with Crippen molar-refractivity contribution in [1.29, 1.82) is 0 Å². The van der Waals surface area contributed by atoms with Crippen LogP contribution in [0.2, 0.25) is 0 Å². The van der Waals surface area contributed by atoms with Gasteiger partial charge < -0.3 is 14.8 Å². The summed E-state index contributed by atoms with van der Waals surface area (Å²) in [5.74, 6) is 0.712. The maximum absolute atomic E-state index is 12.4. The summed E-state index contributed by atoms with van der Waals surface area (Å²) < 4.78 is 38.2. The van der Waals surface area contributed by atoms with Crippen molar-refractivity contribution in [1.82, 2.24) is 4.98 Å². The number of fused-ring (bicyclic) bond motifs is 1.